The number of carboxylic acid groups (broad SMARTS) is 1. The van der Waals surface area contributed by atoms with Crippen LogP contribution in [0.25, 0.3) is 0 Å². The maximum absolute atomic E-state index is 12.1. The zero-order chi connectivity index (χ0) is 16.1. The SMILES string of the molecule is CCCC=C1C2CC3(C(=O)O)CC1CC(c1ccccc1)(C2)C3. The predicted octanol–water partition coefficient (Wildman–Crippen LogP) is 4.95. The molecule has 2 nitrogen and oxygen atoms in total. The molecule has 0 radical (unpaired) electrons. The molecule has 1 aromatic carbocycles. The Morgan fingerprint density at radius 3 is 2.39 bits per heavy atom. The summed E-state index contributed by atoms with van der Waals surface area (Å²) in [6.45, 7) is 2.22. The van der Waals surface area contributed by atoms with Gasteiger partial charge in [0.05, 0.1) is 5.41 Å². The Kier molecular flexibility index (Phi) is 3.40. The summed E-state index contributed by atoms with van der Waals surface area (Å²) in [6.07, 6.45) is 9.63. The van der Waals surface area contributed by atoms with Crippen LogP contribution in [0.3, 0.4) is 0 Å². The molecule has 0 spiro atoms. The molecule has 0 amide bonds. The second kappa shape index (κ2) is 5.22. The fraction of sp³-hybridized carbons (Fsp3) is 0.571. The van der Waals surface area contributed by atoms with Gasteiger partial charge in [-0.15, -0.1) is 0 Å². The van der Waals surface area contributed by atoms with Crippen molar-refractivity contribution in [1.82, 2.24) is 0 Å². The number of allylic oxidation sites excluding steroid dienone is 2. The number of hydrogen-bond donors (Lipinski definition) is 1. The van der Waals surface area contributed by atoms with Crippen molar-refractivity contribution in [1.29, 1.82) is 0 Å². The third kappa shape index (κ3) is 2.18. The molecule has 1 N–H and O–H groups in total. The summed E-state index contributed by atoms with van der Waals surface area (Å²) < 4.78 is 0. The van der Waals surface area contributed by atoms with E-state index in [1.807, 2.05) is 0 Å². The van der Waals surface area contributed by atoms with E-state index in [-0.39, 0.29) is 5.41 Å². The van der Waals surface area contributed by atoms with Crippen molar-refractivity contribution >= 4 is 5.97 Å². The number of rotatable bonds is 4. The molecule has 122 valence electrons. The van der Waals surface area contributed by atoms with E-state index in [1.54, 1.807) is 5.57 Å². The Balaban J connectivity index is 1.77. The van der Waals surface area contributed by atoms with Crippen LogP contribution in [0, 0.1) is 17.3 Å². The van der Waals surface area contributed by atoms with Gasteiger partial charge in [0.2, 0.25) is 0 Å². The molecule has 2 heteroatoms. The highest BCUT2D eigenvalue weighted by Crippen LogP contribution is 2.67. The van der Waals surface area contributed by atoms with Crippen molar-refractivity contribution in [2.24, 2.45) is 17.3 Å². The average molecular weight is 310 g/mol. The van der Waals surface area contributed by atoms with Crippen molar-refractivity contribution < 1.29 is 9.90 Å². The van der Waals surface area contributed by atoms with Crippen LogP contribution >= 0.6 is 0 Å². The van der Waals surface area contributed by atoms with E-state index in [9.17, 15) is 9.90 Å². The summed E-state index contributed by atoms with van der Waals surface area (Å²) >= 11 is 0. The molecular weight excluding hydrogens is 284 g/mol. The lowest BCUT2D eigenvalue weighted by atomic mass is 9.41. The Morgan fingerprint density at radius 2 is 1.83 bits per heavy atom. The second-order valence-corrected chi connectivity index (χ2v) is 8.11. The Labute approximate surface area is 138 Å². The van der Waals surface area contributed by atoms with E-state index >= 15 is 0 Å². The van der Waals surface area contributed by atoms with Gasteiger partial charge in [0, 0.05) is 0 Å². The van der Waals surface area contributed by atoms with E-state index in [4.69, 9.17) is 0 Å². The third-order valence-corrected chi connectivity index (χ3v) is 6.68. The van der Waals surface area contributed by atoms with E-state index in [1.165, 1.54) is 12.0 Å². The Hall–Kier alpha value is -1.57. The quantitative estimate of drug-likeness (QED) is 0.799. The normalized spacial score (nSPS) is 37.9. The number of unbranched alkanes of at least 4 members (excludes halogenated alkanes) is 1. The van der Waals surface area contributed by atoms with Crippen LogP contribution in [0.4, 0.5) is 0 Å². The van der Waals surface area contributed by atoms with Crippen LogP contribution in [0.2, 0.25) is 0 Å². The zero-order valence-electron chi connectivity index (χ0n) is 13.9. The molecule has 4 aliphatic rings. The van der Waals surface area contributed by atoms with Gasteiger partial charge in [0.25, 0.3) is 0 Å². The van der Waals surface area contributed by atoms with Crippen LogP contribution < -0.4 is 0 Å². The summed E-state index contributed by atoms with van der Waals surface area (Å²) in [7, 11) is 0. The smallest absolute Gasteiger partial charge is 0.309 e. The van der Waals surface area contributed by atoms with Crippen LogP contribution in [0.1, 0.15) is 57.4 Å². The third-order valence-electron chi connectivity index (χ3n) is 6.68. The topological polar surface area (TPSA) is 37.3 Å². The van der Waals surface area contributed by atoms with Gasteiger partial charge >= 0.3 is 5.97 Å². The fourth-order valence-electron chi connectivity index (χ4n) is 5.96. The van der Waals surface area contributed by atoms with Crippen LogP contribution in [-0.4, -0.2) is 11.1 Å². The molecule has 0 saturated heterocycles. The minimum Gasteiger partial charge on any atom is -0.481 e. The number of carbonyl (C=O) groups is 1. The highest BCUT2D eigenvalue weighted by molar-refractivity contribution is 5.76. The van der Waals surface area contributed by atoms with Crippen molar-refractivity contribution in [2.45, 2.75) is 57.3 Å². The van der Waals surface area contributed by atoms with Gasteiger partial charge in [0.15, 0.2) is 0 Å². The van der Waals surface area contributed by atoms with Gasteiger partial charge in [-0.25, -0.2) is 0 Å². The monoisotopic (exact) mass is 310 g/mol. The minimum absolute atomic E-state index is 0.0923. The Bertz CT molecular complexity index is 625. The lowest BCUT2D eigenvalue weighted by Crippen LogP contribution is -2.57. The molecule has 4 fully saturated rings. The van der Waals surface area contributed by atoms with E-state index < -0.39 is 11.4 Å². The molecule has 1 aromatic rings. The number of aliphatic carboxylic acids is 1. The fourth-order valence-corrected chi connectivity index (χ4v) is 5.96. The van der Waals surface area contributed by atoms with E-state index in [2.05, 4.69) is 43.3 Å². The van der Waals surface area contributed by atoms with Crippen molar-refractivity contribution in [3.05, 3.63) is 47.5 Å². The van der Waals surface area contributed by atoms with Gasteiger partial charge in [-0.05, 0) is 61.3 Å². The summed E-state index contributed by atoms with van der Waals surface area (Å²) in [5.74, 6) is 0.417. The summed E-state index contributed by atoms with van der Waals surface area (Å²) in [5.41, 5.74) is 2.57. The van der Waals surface area contributed by atoms with Crippen LogP contribution in [-0.2, 0) is 10.2 Å². The van der Waals surface area contributed by atoms with Gasteiger partial charge in [-0.1, -0.05) is 55.3 Å². The number of benzene rings is 1. The summed E-state index contributed by atoms with van der Waals surface area (Å²) in [6, 6.07) is 10.7. The summed E-state index contributed by atoms with van der Waals surface area (Å²) in [4.78, 5) is 12.1. The highest BCUT2D eigenvalue weighted by Gasteiger charge is 2.62. The van der Waals surface area contributed by atoms with Crippen molar-refractivity contribution in [3.63, 3.8) is 0 Å². The first-order valence-electron chi connectivity index (χ1n) is 9.07. The molecule has 5 rings (SSSR count). The Morgan fingerprint density at radius 1 is 1.17 bits per heavy atom. The van der Waals surface area contributed by atoms with Crippen LogP contribution in [0.5, 0.6) is 0 Å². The first-order chi connectivity index (χ1) is 11.1. The van der Waals surface area contributed by atoms with E-state index in [0.717, 1.165) is 38.5 Å². The molecule has 2 unspecified atom stereocenters. The lowest BCUT2D eigenvalue weighted by molar-refractivity contribution is -0.162. The number of hydrogen-bond acceptors (Lipinski definition) is 1. The molecule has 4 bridgehead atoms. The molecule has 0 aromatic heterocycles. The van der Waals surface area contributed by atoms with Gasteiger partial charge in [-0.2, -0.15) is 0 Å². The second-order valence-electron chi connectivity index (χ2n) is 8.11. The predicted molar refractivity (Wildman–Crippen MR) is 91.2 cm³/mol. The maximum Gasteiger partial charge on any atom is 0.309 e. The highest BCUT2D eigenvalue weighted by atomic mass is 16.4. The van der Waals surface area contributed by atoms with Gasteiger partial charge in [-0.3, -0.25) is 4.79 Å². The first kappa shape index (κ1) is 15.0. The molecule has 4 aliphatic carbocycles. The molecule has 2 atom stereocenters. The van der Waals surface area contributed by atoms with Crippen molar-refractivity contribution in [3.8, 4) is 0 Å². The maximum atomic E-state index is 12.1. The molecule has 23 heavy (non-hydrogen) atoms. The van der Waals surface area contributed by atoms with E-state index in [0.29, 0.717) is 11.8 Å². The number of carboxylic acids is 1. The zero-order valence-corrected chi connectivity index (χ0v) is 13.9. The average Bonchev–Trinajstić information content (AvgIpc) is 2.54. The lowest BCUT2D eigenvalue weighted by Gasteiger charge is -2.62. The van der Waals surface area contributed by atoms with Gasteiger partial charge < -0.3 is 5.11 Å². The molecule has 4 saturated carbocycles. The largest absolute Gasteiger partial charge is 0.481 e. The standard InChI is InChI=1S/C21H26O2/c1-2-3-9-18-15-10-20(17-7-5-4-6-8-17)11-16(18)13-21(12-15,14-20)19(22)23/h4-9,15-16H,2-3,10-14H2,1H3,(H,22,23). The van der Waals surface area contributed by atoms with Crippen molar-refractivity contribution in [2.75, 3.05) is 0 Å². The first-order valence-corrected chi connectivity index (χ1v) is 9.07. The molecule has 0 aliphatic heterocycles. The van der Waals surface area contributed by atoms with Gasteiger partial charge in [0.1, 0.15) is 0 Å². The molecular formula is C21H26O2. The molecule has 0 heterocycles. The summed E-state index contributed by atoms with van der Waals surface area (Å²) in [5, 5.41) is 9.98. The minimum atomic E-state index is -0.554. The van der Waals surface area contributed by atoms with Crippen LogP contribution in [0.15, 0.2) is 42.0 Å².